The summed E-state index contributed by atoms with van der Waals surface area (Å²) in [6.45, 7) is 5.30. The Hall–Kier alpha value is -0.360. The Balaban J connectivity index is 3.56. The zero-order valence-corrected chi connectivity index (χ0v) is 6.29. The van der Waals surface area contributed by atoms with Crippen LogP contribution in [0.4, 0.5) is 0 Å². The molecule has 0 N–H and O–H groups in total. The Morgan fingerprint density at radius 3 is 2.38 bits per heavy atom. The maximum atomic E-state index is 4.92. The molecular formula is C5H10NOP. The molecule has 1 atom stereocenters. The van der Waals surface area contributed by atoms with Gasteiger partial charge in [-0.1, -0.05) is 6.58 Å². The molecule has 0 radical (unpaired) electrons. The normalized spacial score (nSPS) is 11.1. The first kappa shape index (κ1) is 7.64. The molecule has 0 amide bonds. The van der Waals surface area contributed by atoms with Gasteiger partial charge in [0.15, 0.2) is 0 Å². The fourth-order valence-corrected chi connectivity index (χ4v) is 0.425. The molecule has 0 aliphatic rings. The molecule has 0 aromatic heterocycles. The van der Waals surface area contributed by atoms with Crippen LogP contribution in [0.2, 0.25) is 0 Å². The topological polar surface area (TPSA) is 21.6 Å². The number of hydrogen-bond acceptors (Lipinski definition) is 2. The summed E-state index contributed by atoms with van der Waals surface area (Å²) in [7, 11) is 4.00. The van der Waals surface area contributed by atoms with E-state index < -0.39 is 0 Å². The molecular weight excluding hydrogens is 121 g/mol. The second-order valence-electron chi connectivity index (χ2n) is 1.37. The van der Waals surface area contributed by atoms with Gasteiger partial charge in [-0.3, -0.25) is 4.99 Å². The van der Waals surface area contributed by atoms with E-state index in [2.05, 4.69) is 20.8 Å². The van der Waals surface area contributed by atoms with Crippen LogP contribution in [-0.4, -0.2) is 12.7 Å². The Bertz CT molecular complexity index is 120. The van der Waals surface area contributed by atoms with E-state index in [1.165, 1.54) is 0 Å². The van der Waals surface area contributed by atoms with Gasteiger partial charge in [0.2, 0.25) is 5.64 Å². The van der Waals surface area contributed by atoms with Crippen molar-refractivity contribution >= 4 is 14.9 Å². The molecule has 3 heteroatoms. The first-order valence-electron chi connectivity index (χ1n) is 2.22. The quantitative estimate of drug-likeness (QED) is 0.228. The van der Waals surface area contributed by atoms with Gasteiger partial charge in [0.05, 0.1) is 5.76 Å². The van der Waals surface area contributed by atoms with E-state index in [9.17, 15) is 0 Å². The molecule has 1 unspecified atom stereocenters. The largest absolute Gasteiger partial charge is 0.445 e. The van der Waals surface area contributed by atoms with E-state index in [0.29, 0.717) is 11.4 Å². The van der Waals surface area contributed by atoms with E-state index in [4.69, 9.17) is 4.74 Å². The summed E-state index contributed by atoms with van der Waals surface area (Å²) >= 11 is 0. The van der Waals surface area contributed by atoms with Crippen molar-refractivity contribution in [3.8, 4) is 0 Å². The summed E-state index contributed by atoms with van der Waals surface area (Å²) in [5.41, 5.74) is 0.567. The van der Waals surface area contributed by atoms with Crippen LogP contribution in [0.3, 0.4) is 0 Å². The van der Waals surface area contributed by atoms with Crippen LogP contribution in [-0.2, 0) is 4.74 Å². The molecule has 0 aliphatic carbocycles. The van der Waals surface area contributed by atoms with Crippen molar-refractivity contribution < 1.29 is 4.74 Å². The minimum absolute atomic E-state index is 0.567. The van der Waals surface area contributed by atoms with Crippen LogP contribution in [0.1, 0.15) is 6.92 Å². The third kappa shape index (κ3) is 3.82. The van der Waals surface area contributed by atoms with Gasteiger partial charge in [-0.15, -0.1) is 0 Å². The highest BCUT2D eigenvalue weighted by Gasteiger charge is 1.86. The predicted molar refractivity (Wildman–Crippen MR) is 39.0 cm³/mol. The average Bonchev–Trinajstić information content (AvgIpc) is 1.65. The summed E-state index contributed by atoms with van der Waals surface area (Å²) < 4.78 is 4.92. The van der Waals surface area contributed by atoms with Crippen LogP contribution in [0.25, 0.3) is 0 Å². The van der Waals surface area contributed by atoms with Crippen molar-refractivity contribution in [1.82, 2.24) is 0 Å². The van der Waals surface area contributed by atoms with Gasteiger partial charge in [-0.2, -0.15) is 0 Å². The van der Waals surface area contributed by atoms with Crippen molar-refractivity contribution in [2.75, 3.05) is 7.05 Å². The van der Waals surface area contributed by atoms with Crippen molar-refractivity contribution in [1.29, 1.82) is 0 Å². The summed E-state index contributed by atoms with van der Waals surface area (Å²) in [4.78, 5) is 3.73. The number of allylic oxidation sites excluding steroid dienone is 1. The van der Waals surface area contributed by atoms with Crippen LogP contribution in [0.15, 0.2) is 17.3 Å². The Kier molecular flexibility index (Phi) is 3.46. The zero-order chi connectivity index (χ0) is 6.57. The van der Waals surface area contributed by atoms with Gasteiger partial charge in [0.25, 0.3) is 0 Å². The number of hydrogen-bond donors (Lipinski definition) is 0. The highest BCUT2D eigenvalue weighted by molar-refractivity contribution is 7.39. The lowest BCUT2D eigenvalue weighted by Gasteiger charge is -1.99. The van der Waals surface area contributed by atoms with E-state index in [1.807, 2.05) is 0 Å². The second kappa shape index (κ2) is 3.62. The Labute approximate surface area is 51.8 Å². The van der Waals surface area contributed by atoms with Crippen LogP contribution < -0.4 is 0 Å². The minimum Gasteiger partial charge on any atom is -0.445 e. The van der Waals surface area contributed by atoms with Crippen molar-refractivity contribution in [3.05, 3.63) is 12.3 Å². The Morgan fingerprint density at radius 2 is 2.25 bits per heavy atom. The molecule has 0 saturated carbocycles. The molecule has 46 valence electrons. The third-order valence-electron chi connectivity index (χ3n) is 0.499. The highest BCUT2D eigenvalue weighted by atomic mass is 31.0. The number of rotatable bonds is 1. The van der Waals surface area contributed by atoms with Crippen molar-refractivity contribution in [3.63, 3.8) is 0 Å². The standard InChI is InChI=1S/C5H10NOP/c1-4(2)7-5(8)6-3/h1,8H2,2-3H3. The molecule has 2 nitrogen and oxygen atoms in total. The Morgan fingerprint density at radius 1 is 1.75 bits per heavy atom. The van der Waals surface area contributed by atoms with Crippen molar-refractivity contribution in [2.45, 2.75) is 6.92 Å². The van der Waals surface area contributed by atoms with Crippen LogP contribution >= 0.6 is 9.24 Å². The maximum absolute atomic E-state index is 4.92. The molecule has 0 aliphatic heterocycles. The number of ether oxygens (including phenoxy) is 1. The second-order valence-corrected chi connectivity index (χ2v) is 1.86. The third-order valence-corrected chi connectivity index (χ3v) is 0.875. The smallest absolute Gasteiger partial charge is 0.204 e. The van der Waals surface area contributed by atoms with Crippen LogP contribution in [0.5, 0.6) is 0 Å². The first-order chi connectivity index (χ1) is 3.66. The lowest BCUT2D eigenvalue weighted by molar-refractivity contribution is 0.432. The minimum atomic E-state index is 0.567. The summed E-state index contributed by atoms with van der Waals surface area (Å²) in [5, 5.41) is 0. The number of aliphatic imine (C=N–C) groups is 1. The van der Waals surface area contributed by atoms with Crippen LogP contribution in [0, 0.1) is 0 Å². The number of nitrogens with zero attached hydrogens (tertiary/aromatic N) is 1. The average molecular weight is 131 g/mol. The molecule has 0 saturated heterocycles. The summed E-state index contributed by atoms with van der Waals surface area (Å²) in [5.74, 6) is 0.653. The molecule has 0 fully saturated rings. The molecule has 0 rings (SSSR count). The lowest BCUT2D eigenvalue weighted by Crippen LogP contribution is -1.90. The lowest BCUT2D eigenvalue weighted by atomic mass is 10.7. The predicted octanol–water partition coefficient (Wildman–Crippen LogP) is 1.40. The first-order valence-corrected chi connectivity index (χ1v) is 2.80. The molecule has 0 spiro atoms. The highest BCUT2D eigenvalue weighted by Crippen LogP contribution is 1.97. The molecule has 8 heavy (non-hydrogen) atoms. The van der Waals surface area contributed by atoms with Gasteiger partial charge in [-0.25, -0.2) is 0 Å². The molecule has 0 aromatic carbocycles. The SMILES string of the molecule is C=C(C)OC(P)=NC. The maximum Gasteiger partial charge on any atom is 0.204 e. The van der Waals surface area contributed by atoms with E-state index in [1.54, 1.807) is 14.0 Å². The zero-order valence-electron chi connectivity index (χ0n) is 5.14. The molecule has 0 bridgehead atoms. The van der Waals surface area contributed by atoms with Gasteiger partial charge in [-0.05, 0) is 16.2 Å². The fourth-order valence-electron chi connectivity index (χ4n) is 0.224. The molecule has 0 heterocycles. The van der Waals surface area contributed by atoms with Gasteiger partial charge < -0.3 is 4.74 Å². The summed E-state index contributed by atoms with van der Waals surface area (Å²) in [6, 6.07) is 0. The summed E-state index contributed by atoms with van der Waals surface area (Å²) in [6.07, 6.45) is 0. The van der Waals surface area contributed by atoms with E-state index >= 15 is 0 Å². The van der Waals surface area contributed by atoms with Gasteiger partial charge >= 0.3 is 0 Å². The van der Waals surface area contributed by atoms with Gasteiger partial charge in [0, 0.05) is 7.05 Å². The molecule has 0 aromatic rings. The monoisotopic (exact) mass is 131 g/mol. The van der Waals surface area contributed by atoms with E-state index in [0.717, 1.165) is 0 Å². The van der Waals surface area contributed by atoms with Gasteiger partial charge in [0.1, 0.15) is 0 Å². The fraction of sp³-hybridized carbons (Fsp3) is 0.400. The van der Waals surface area contributed by atoms with E-state index in [-0.39, 0.29) is 0 Å². The van der Waals surface area contributed by atoms with Crippen molar-refractivity contribution in [2.24, 2.45) is 4.99 Å².